The average molecular weight is 484 g/mol. The van der Waals surface area contributed by atoms with E-state index in [1.54, 1.807) is 55.5 Å². The third-order valence-corrected chi connectivity index (χ3v) is 7.80. The van der Waals surface area contributed by atoms with Crippen molar-refractivity contribution in [1.82, 2.24) is 9.29 Å². The second-order valence-corrected chi connectivity index (χ2v) is 10.8. The highest BCUT2D eigenvalue weighted by atomic mass is 32.2. The Hall–Kier alpha value is -3.14. The second-order valence-electron chi connectivity index (χ2n) is 7.63. The molecule has 1 N–H and O–H groups in total. The number of nitrogens with zero attached hydrogens (tertiary/aromatic N) is 2. The summed E-state index contributed by atoms with van der Waals surface area (Å²) in [6.45, 7) is 3.07. The van der Waals surface area contributed by atoms with E-state index in [9.17, 15) is 17.6 Å². The molecule has 0 aliphatic rings. The number of carbonyl (C=O) groups excluding carboxylic acids is 1. The first-order valence-corrected chi connectivity index (χ1v) is 12.5. The van der Waals surface area contributed by atoms with Crippen molar-refractivity contribution in [2.75, 3.05) is 11.9 Å². The van der Waals surface area contributed by atoms with Gasteiger partial charge in [-0.05, 0) is 55.3 Å². The summed E-state index contributed by atoms with van der Waals surface area (Å²) in [4.78, 5) is 17.2. The molecule has 1 heterocycles. The van der Waals surface area contributed by atoms with Crippen molar-refractivity contribution in [3.05, 3.63) is 88.7 Å². The fraction of sp³-hybridized carbons (Fsp3) is 0.167. The van der Waals surface area contributed by atoms with E-state index in [-0.39, 0.29) is 17.1 Å². The number of carbonyl (C=O) groups is 1. The van der Waals surface area contributed by atoms with Crippen molar-refractivity contribution in [3.63, 3.8) is 0 Å². The van der Waals surface area contributed by atoms with Crippen molar-refractivity contribution in [3.8, 4) is 0 Å². The molecular weight excluding hydrogens is 461 g/mol. The van der Waals surface area contributed by atoms with Gasteiger partial charge in [-0.25, -0.2) is 17.8 Å². The Morgan fingerprint density at radius 2 is 1.82 bits per heavy atom. The molecule has 0 atom stereocenters. The number of rotatable bonds is 7. The normalized spacial score (nSPS) is 11.8. The van der Waals surface area contributed by atoms with E-state index in [1.165, 1.54) is 23.5 Å². The number of sulfonamides is 1. The highest BCUT2D eigenvalue weighted by Crippen LogP contribution is 2.27. The molecule has 0 aliphatic carbocycles. The minimum absolute atomic E-state index is 0.0125. The van der Waals surface area contributed by atoms with Crippen LogP contribution in [0, 0.1) is 19.7 Å². The molecule has 6 nitrogen and oxygen atoms in total. The summed E-state index contributed by atoms with van der Waals surface area (Å²) < 4.78 is 42.8. The maximum atomic E-state index is 13.9. The highest BCUT2D eigenvalue weighted by molar-refractivity contribution is 7.89. The number of fused-ring (bicyclic) bond motifs is 1. The van der Waals surface area contributed by atoms with Crippen LogP contribution in [-0.4, -0.2) is 30.2 Å². The molecule has 1 aromatic heterocycles. The first-order valence-electron chi connectivity index (χ1n) is 10.2. The van der Waals surface area contributed by atoms with Gasteiger partial charge in [-0.2, -0.15) is 4.31 Å². The van der Waals surface area contributed by atoms with Crippen molar-refractivity contribution in [1.29, 1.82) is 0 Å². The summed E-state index contributed by atoms with van der Waals surface area (Å²) in [5, 5.41) is 3.43. The van der Waals surface area contributed by atoms with E-state index in [4.69, 9.17) is 0 Å². The van der Waals surface area contributed by atoms with Crippen molar-refractivity contribution in [2.24, 2.45) is 0 Å². The highest BCUT2D eigenvalue weighted by Gasteiger charge is 2.27. The zero-order chi connectivity index (χ0) is 23.6. The van der Waals surface area contributed by atoms with Crippen LogP contribution >= 0.6 is 11.3 Å². The van der Waals surface area contributed by atoms with E-state index < -0.39 is 28.3 Å². The summed E-state index contributed by atoms with van der Waals surface area (Å²) in [6, 6.07) is 18.1. The average Bonchev–Trinajstić information content (AvgIpc) is 3.16. The summed E-state index contributed by atoms with van der Waals surface area (Å²) in [6.07, 6.45) is 0. The maximum Gasteiger partial charge on any atom is 0.243 e. The molecule has 0 unspecified atom stereocenters. The molecule has 3 aromatic carbocycles. The topological polar surface area (TPSA) is 79.4 Å². The molecule has 0 aliphatic heterocycles. The molecule has 0 spiro atoms. The Kier molecular flexibility index (Phi) is 6.55. The van der Waals surface area contributed by atoms with Crippen LogP contribution in [0.5, 0.6) is 0 Å². The Bertz CT molecular complexity index is 1420. The van der Waals surface area contributed by atoms with Gasteiger partial charge >= 0.3 is 0 Å². The summed E-state index contributed by atoms with van der Waals surface area (Å²) in [5.74, 6) is -1.01. The molecular formula is C24H22FN3O3S2. The van der Waals surface area contributed by atoms with Crippen molar-refractivity contribution >= 4 is 43.2 Å². The zero-order valence-electron chi connectivity index (χ0n) is 18.1. The fourth-order valence-corrected chi connectivity index (χ4v) is 5.73. The van der Waals surface area contributed by atoms with Crippen LogP contribution < -0.4 is 5.32 Å². The molecule has 4 aromatic rings. The van der Waals surface area contributed by atoms with Crippen LogP contribution in [0.1, 0.15) is 16.1 Å². The largest absolute Gasteiger partial charge is 0.325 e. The number of anilines is 1. The van der Waals surface area contributed by atoms with E-state index >= 15 is 0 Å². The molecule has 1 amide bonds. The van der Waals surface area contributed by atoms with Gasteiger partial charge in [0.2, 0.25) is 15.9 Å². The van der Waals surface area contributed by atoms with Crippen LogP contribution in [0.25, 0.3) is 10.2 Å². The second kappa shape index (κ2) is 9.38. The number of aryl methyl sites for hydroxylation is 2. The molecule has 0 saturated carbocycles. The third-order valence-electron chi connectivity index (χ3n) is 5.08. The maximum absolute atomic E-state index is 13.9. The third kappa shape index (κ3) is 5.27. The van der Waals surface area contributed by atoms with Gasteiger partial charge in [0.15, 0.2) is 0 Å². The molecule has 0 saturated heterocycles. The lowest BCUT2D eigenvalue weighted by Gasteiger charge is -2.22. The van der Waals surface area contributed by atoms with Gasteiger partial charge in [0.05, 0.1) is 26.7 Å². The molecule has 0 fully saturated rings. The molecule has 0 radical (unpaired) electrons. The van der Waals surface area contributed by atoms with Crippen LogP contribution in [0.15, 0.2) is 71.6 Å². The lowest BCUT2D eigenvalue weighted by molar-refractivity contribution is -0.116. The number of aromatic nitrogens is 1. The Balaban J connectivity index is 1.64. The van der Waals surface area contributed by atoms with E-state index in [0.717, 1.165) is 25.1 Å². The van der Waals surface area contributed by atoms with Gasteiger partial charge in [-0.1, -0.05) is 36.4 Å². The van der Waals surface area contributed by atoms with Gasteiger partial charge in [0.25, 0.3) is 0 Å². The van der Waals surface area contributed by atoms with Gasteiger partial charge in [0.1, 0.15) is 5.82 Å². The SMILES string of the molecule is Cc1nc2ccc(S(=O)(=O)N(CC(=O)Nc3ccc(C)c(F)c3)Cc3ccccc3)cc2s1. The van der Waals surface area contributed by atoms with Crippen molar-refractivity contribution < 1.29 is 17.6 Å². The first kappa shape index (κ1) is 23.0. The van der Waals surface area contributed by atoms with Gasteiger partial charge in [-0.15, -0.1) is 11.3 Å². The van der Waals surface area contributed by atoms with Gasteiger partial charge in [0, 0.05) is 12.2 Å². The van der Waals surface area contributed by atoms with Crippen LogP contribution in [-0.2, 0) is 21.4 Å². The smallest absolute Gasteiger partial charge is 0.243 e. The number of amides is 1. The Labute approximate surface area is 195 Å². The quantitative estimate of drug-likeness (QED) is 0.406. The van der Waals surface area contributed by atoms with Gasteiger partial charge in [-0.3, -0.25) is 4.79 Å². The van der Waals surface area contributed by atoms with Crippen molar-refractivity contribution in [2.45, 2.75) is 25.3 Å². The minimum atomic E-state index is -4.01. The first-order chi connectivity index (χ1) is 15.7. The van der Waals surface area contributed by atoms with E-state index in [2.05, 4.69) is 10.3 Å². The number of hydrogen-bond donors (Lipinski definition) is 1. The molecule has 33 heavy (non-hydrogen) atoms. The lowest BCUT2D eigenvalue weighted by atomic mass is 10.2. The summed E-state index contributed by atoms with van der Waals surface area (Å²) >= 11 is 1.41. The lowest BCUT2D eigenvalue weighted by Crippen LogP contribution is -2.37. The predicted molar refractivity (Wildman–Crippen MR) is 128 cm³/mol. The van der Waals surface area contributed by atoms with Crippen LogP contribution in [0.2, 0.25) is 0 Å². The number of benzene rings is 3. The molecule has 170 valence electrons. The van der Waals surface area contributed by atoms with Crippen LogP contribution in [0.4, 0.5) is 10.1 Å². The van der Waals surface area contributed by atoms with Crippen LogP contribution in [0.3, 0.4) is 0 Å². The monoisotopic (exact) mass is 483 g/mol. The molecule has 4 rings (SSSR count). The van der Waals surface area contributed by atoms with E-state index in [0.29, 0.717) is 5.56 Å². The zero-order valence-corrected chi connectivity index (χ0v) is 19.7. The predicted octanol–water partition coefficient (Wildman–Crippen LogP) is 4.88. The van der Waals surface area contributed by atoms with Gasteiger partial charge < -0.3 is 5.32 Å². The number of halogens is 1. The Morgan fingerprint density at radius 3 is 2.55 bits per heavy atom. The minimum Gasteiger partial charge on any atom is -0.325 e. The summed E-state index contributed by atoms with van der Waals surface area (Å²) in [5.41, 5.74) is 2.19. The Morgan fingerprint density at radius 1 is 1.06 bits per heavy atom. The van der Waals surface area contributed by atoms with E-state index in [1.807, 2.05) is 13.0 Å². The number of thiazole rings is 1. The number of hydrogen-bond acceptors (Lipinski definition) is 5. The summed E-state index contributed by atoms with van der Waals surface area (Å²) in [7, 11) is -4.01. The number of nitrogens with one attached hydrogen (secondary N) is 1. The molecule has 0 bridgehead atoms. The fourth-order valence-electron chi connectivity index (χ4n) is 3.37. The standard InChI is InChI=1S/C24H22FN3O3S2/c1-16-8-9-19(12-21(16)25)27-24(29)15-28(14-18-6-4-3-5-7-18)33(30,31)20-10-11-22-23(13-20)32-17(2)26-22/h3-13H,14-15H2,1-2H3,(H,27,29). The molecule has 9 heteroatoms.